The highest BCUT2D eigenvalue weighted by Gasteiger charge is 2.51. The standard InChI is InChI=1S/C25H23BN2O3/c1-24(2)25(3,4)31-26(30-24)16-10-12-19-18(14-16)17-11-13-20-22(21(17)27-19)29-23(28-20)15-8-6-5-7-9-15/h5-14,27H,1-4H3. The molecule has 2 aromatic heterocycles. The fourth-order valence-electron chi connectivity index (χ4n) is 4.20. The molecule has 3 heterocycles. The molecule has 31 heavy (non-hydrogen) atoms. The van der Waals surface area contributed by atoms with Gasteiger partial charge in [-0.15, -0.1) is 0 Å². The summed E-state index contributed by atoms with van der Waals surface area (Å²) in [6.45, 7) is 8.29. The molecule has 1 aliphatic rings. The zero-order chi connectivity index (χ0) is 21.4. The fourth-order valence-corrected chi connectivity index (χ4v) is 4.20. The molecule has 5 nitrogen and oxygen atoms in total. The fraction of sp³-hybridized carbons (Fsp3) is 0.240. The van der Waals surface area contributed by atoms with Crippen LogP contribution < -0.4 is 5.46 Å². The minimum absolute atomic E-state index is 0.368. The molecule has 0 amide bonds. The first-order valence-corrected chi connectivity index (χ1v) is 10.6. The van der Waals surface area contributed by atoms with Crippen molar-refractivity contribution in [3.05, 3.63) is 60.7 Å². The highest BCUT2D eigenvalue weighted by molar-refractivity contribution is 6.62. The van der Waals surface area contributed by atoms with Crippen molar-refractivity contribution in [1.29, 1.82) is 0 Å². The van der Waals surface area contributed by atoms with E-state index in [9.17, 15) is 0 Å². The molecule has 0 unspecified atom stereocenters. The summed E-state index contributed by atoms with van der Waals surface area (Å²) in [7, 11) is -0.391. The van der Waals surface area contributed by atoms with E-state index in [1.165, 1.54) is 0 Å². The number of hydrogen-bond acceptors (Lipinski definition) is 4. The third-order valence-electron chi connectivity index (χ3n) is 6.70. The second kappa shape index (κ2) is 6.22. The third-order valence-corrected chi connectivity index (χ3v) is 6.70. The van der Waals surface area contributed by atoms with Crippen molar-refractivity contribution in [3.8, 4) is 11.5 Å². The van der Waals surface area contributed by atoms with E-state index < -0.39 is 7.12 Å². The molecule has 0 aliphatic carbocycles. The number of aromatic nitrogens is 2. The summed E-state index contributed by atoms with van der Waals surface area (Å²) < 4.78 is 18.7. The van der Waals surface area contributed by atoms with Gasteiger partial charge in [0.05, 0.1) is 16.7 Å². The van der Waals surface area contributed by atoms with Crippen molar-refractivity contribution in [3.63, 3.8) is 0 Å². The van der Waals surface area contributed by atoms with Gasteiger partial charge in [0.2, 0.25) is 5.89 Å². The van der Waals surface area contributed by atoms with Crippen molar-refractivity contribution in [2.24, 2.45) is 0 Å². The molecule has 0 atom stereocenters. The van der Waals surface area contributed by atoms with Crippen LogP contribution in [0.25, 0.3) is 44.4 Å². The average molecular weight is 410 g/mol. The third kappa shape index (κ3) is 2.75. The van der Waals surface area contributed by atoms with Crippen molar-refractivity contribution in [2.75, 3.05) is 0 Å². The molecule has 154 valence electrons. The van der Waals surface area contributed by atoms with E-state index in [2.05, 4.69) is 61.9 Å². The molecule has 0 radical (unpaired) electrons. The van der Waals surface area contributed by atoms with E-state index >= 15 is 0 Å². The van der Waals surface area contributed by atoms with Crippen LogP contribution >= 0.6 is 0 Å². The lowest BCUT2D eigenvalue weighted by atomic mass is 9.78. The van der Waals surface area contributed by atoms with E-state index in [0.717, 1.165) is 43.9 Å². The molecule has 6 rings (SSSR count). The van der Waals surface area contributed by atoms with Crippen LogP contribution in [0.5, 0.6) is 0 Å². The van der Waals surface area contributed by atoms with Crippen LogP contribution in [-0.4, -0.2) is 28.3 Å². The Bertz CT molecular complexity index is 1430. The Hall–Kier alpha value is -3.09. The van der Waals surface area contributed by atoms with Gasteiger partial charge in [-0.2, -0.15) is 0 Å². The first kappa shape index (κ1) is 18.7. The van der Waals surface area contributed by atoms with Gasteiger partial charge in [0.25, 0.3) is 0 Å². The minimum Gasteiger partial charge on any atom is -0.434 e. The normalized spacial score (nSPS) is 17.9. The predicted molar refractivity (Wildman–Crippen MR) is 125 cm³/mol. The second-order valence-electron chi connectivity index (χ2n) is 9.24. The van der Waals surface area contributed by atoms with E-state index in [0.29, 0.717) is 5.89 Å². The number of aromatic amines is 1. The largest absolute Gasteiger partial charge is 0.494 e. The van der Waals surface area contributed by atoms with E-state index in [4.69, 9.17) is 13.7 Å². The number of fused-ring (bicyclic) bond motifs is 5. The first-order valence-electron chi connectivity index (χ1n) is 10.6. The molecule has 6 heteroatoms. The van der Waals surface area contributed by atoms with Crippen LogP contribution in [0.2, 0.25) is 0 Å². The number of hydrogen-bond donors (Lipinski definition) is 1. The topological polar surface area (TPSA) is 60.3 Å². The number of rotatable bonds is 2. The number of oxazole rings is 1. The number of benzene rings is 3. The lowest BCUT2D eigenvalue weighted by Gasteiger charge is -2.32. The molecular formula is C25H23BN2O3. The quantitative estimate of drug-likeness (QED) is 0.395. The smallest absolute Gasteiger partial charge is 0.434 e. The van der Waals surface area contributed by atoms with Gasteiger partial charge in [-0.1, -0.05) is 30.3 Å². The minimum atomic E-state index is -0.391. The summed E-state index contributed by atoms with van der Waals surface area (Å²) in [5.74, 6) is 0.625. The van der Waals surface area contributed by atoms with Gasteiger partial charge in [-0.25, -0.2) is 4.98 Å². The van der Waals surface area contributed by atoms with Gasteiger partial charge in [0, 0.05) is 21.9 Å². The van der Waals surface area contributed by atoms with Crippen molar-refractivity contribution < 1.29 is 13.7 Å². The molecular weight excluding hydrogens is 387 g/mol. The van der Waals surface area contributed by atoms with Gasteiger partial charge < -0.3 is 18.7 Å². The molecule has 1 saturated heterocycles. The lowest BCUT2D eigenvalue weighted by molar-refractivity contribution is 0.00578. The van der Waals surface area contributed by atoms with Crippen LogP contribution in [0.15, 0.2) is 65.1 Å². The van der Waals surface area contributed by atoms with Crippen molar-refractivity contribution in [1.82, 2.24) is 9.97 Å². The molecule has 1 aliphatic heterocycles. The number of nitrogens with zero attached hydrogens (tertiary/aromatic N) is 1. The molecule has 0 bridgehead atoms. The van der Waals surface area contributed by atoms with E-state index in [-0.39, 0.29) is 11.2 Å². The highest BCUT2D eigenvalue weighted by atomic mass is 16.7. The average Bonchev–Trinajstić information content (AvgIpc) is 3.39. The molecule has 1 fully saturated rings. The van der Waals surface area contributed by atoms with Crippen LogP contribution in [-0.2, 0) is 9.31 Å². The Morgan fingerprint density at radius 2 is 1.58 bits per heavy atom. The molecule has 1 N–H and O–H groups in total. The summed E-state index contributed by atoms with van der Waals surface area (Å²) in [6.07, 6.45) is 0. The van der Waals surface area contributed by atoms with Crippen LogP contribution in [0.1, 0.15) is 27.7 Å². The highest BCUT2D eigenvalue weighted by Crippen LogP contribution is 2.37. The van der Waals surface area contributed by atoms with Gasteiger partial charge in [-0.3, -0.25) is 0 Å². The van der Waals surface area contributed by atoms with Crippen molar-refractivity contribution in [2.45, 2.75) is 38.9 Å². The summed E-state index contributed by atoms with van der Waals surface area (Å²) in [4.78, 5) is 8.21. The van der Waals surface area contributed by atoms with Crippen LogP contribution in [0.3, 0.4) is 0 Å². The monoisotopic (exact) mass is 410 g/mol. The lowest BCUT2D eigenvalue weighted by Crippen LogP contribution is -2.41. The molecule has 5 aromatic rings. The number of nitrogens with one attached hydrogen (secondary N) is 1. The summed E-state index contributed by atoms with van der Waals surface area (Å²) >= 11 is 0. The van der Waals surface area contributed by atoms with Gasteiger partial charge in [0.1, 0.15) is 5.52 Å². The zero-order valence-electron chi connectivity index (χ0n) is 18.0. The molecule has 0 spiro atoms. The van der Waals surface area contributed by atoms with E-state index in [1.54, 1.807) is 0 Å². The Kier molecular flexibility index (Phi) is 3.74. The Balaban J connectivity index is 1.49. The Labute approximate surface area is 180 Å². The van der Waals surface area contributed by atoms with Crippen LogP contribution in [0, 0.1) is 0 Å². The van der Waals surface area contributed by atoms with Crippen LogP contribution in [0.4, 0.5) is 0 Å². The zero-order valence-corrected chi connectivity index (χ0v) is 18.0. The number of H-pyrrole nitrogens is 1. The Morgan fingerprint density at radius 1 is 0.839 bits per heavy atom. The maximum absolute atomic E-state index is 6.25. The molecule has 0 saturated carbocycles. The van der Waals surface area contributed by atoms with Crippen molar-refractivity contribution >= 4 is 45.5 Å². The summed E-state index contributed by atoms with van der Waals surface area (Å²) in [6, 6.07) is 20.4. The first-order chi connectivity index (χ1) is 14.8. The van der Waals surface area contributed by atoms with E-state index in [1.807, 2.05) is 36.4 Å². The van der Waals surface area contributed by atoms with Gasteiger partial charge in [0.15, 0.2) is 5.58 Å². The Morgan fingerprint density at radius 3 is 2.32 bits per heavy atom. The predicted octanol–water partition coefficient (Wildman–Crippen LogP) is 5.43. The molecule has 3 aromatic carbocycles. The second-order valence-corrected chi connectivity index (χ2v) is 9.24. The summed E-state index contributed by atoms with van der Waals surface area (Å²) in [5, 5.41) is 2.21. The van der Waals surface area contributed by atoms with Gasteiger partial charge >= 0.3 is 7.12 Å². The van der Waals surface area contributed by atoms with Gasteiger partial charge in [-0.05, 0) is 63.5 Å². The summed E-state index contributed by atoms with van der Waals surface area (Å²) in [5.41, 5.74) is 4.84. The maximum Gasteiger partial charge on any atom is 0.494 e. The SMILES string of the molecule is CC1(C)OB(c2ccc3[nH]c4c(ccc5nc(-c6ccccc6)oc54)c3c2)OC1(C)C. The maximum atomic E-state index is 6.25.